The smallest absolute Gasteiger partial charge is 0.173 e. The van der Waals surface area contributed by atoms with Crippen molar-refractivity contribution in [2.24, 2.45) is 0 Å². The van der Waals surface area contributed by atoms with Crippen LogP contribution < -0.4 is 4.74 Å². The molecule has 0 bridgehead atoms. The first-order valence-corrected chi connectivity index (χ1v) is 8.56. The van der Waals surface area contributed by atoms with E-state index in [1.54, 1.807) is 25.1 Å². The van der Waals surface area contributed by atoms with E-state index in [4.69, 9.17) is 4.74 Å². The van der Waals surface area contributed by atoms with Gasteiger partial charge in [0.25, 0.3) is 0 Å². The molecule has 0 aliphatic heterocycles. The number of nitrogens with one attached hydrogen (secondary N) is 1. The quantitative estimate of drug-likeness (QED) is 0.559. The van der Waals surface area contributed by atoms with E-state index in [1.165, 1.54) is 0 Å². The molecule has 0 amide bonds. The SMILES string of the molecule is COc1cccc(-n2ccnc2SCc2nc3ccccc3[nH]2)c1. The summed E-state index contributed by atoms with van der Waals surface area (Å²) < 4.78 is 7.35. The number of hydrogen-bond donors (Lipinski definition) is 1. The van der Waals surface area contributed by atoms with Crippen LogP contribution in [0.5, 0.6) is 5.75 Å². The molecule has 2 aromatic carbocycles. The molecule has 120 valence electrons. The fourth-order valence-corrected chi connectivity index (χ4v) is 3.40. The van der Waals surface area contributed by atoms with Gasteiger partial charge in [0.2, 0.25) is 0 Å². The number of thioether (sulfide) groups is 1. The third-order valence-electron chi connectivity index (χ3n) is 3.71. The molecule has 0 atom stereocenters. The molecular formula is C18H16N4OS. The van der Waals surface area contributed by atoms with Crippen LogP contribution in [0.15, 0.2) is 66.1 Å². The zero-order valence-corrected chi connectivity index (χ0v) is 14.0. The molecule has 0 saturated heterocycles. The summed E-state index contributed by atoms with van der Waals surface area (Å²) in [6, 6.07) is 16.0. The van der Waals surface area contributed by atoms with Gasteiger partial charge in [-0.05, 0) is 24.3 Å². The van der Waals surface area contributed by atoms with Crippen molar-refractivity contribution >= 4 is 22.8 Å². The van der Waals surface area contributed by atoms with E-state index in [2.05, 4.69) is 19.5 Å². The highest BCUT2D eigenvalue weighted by Gasteiger charge is 2.09. The van der Waals surface area contributed by atoms with Crippen LogP contribution >= 0.6 is 11.8 Å². The first-order valence-electron chi connectivity index (χ1n) is 7.58. The molecule has 0 aliphatic carbocycles. The van der Waals surface area contributed by atoms with Crippen molar-refractivity contribution in [3.63, 3.8) is 0 Å². The molecule has 2 heterocycles. The standard InChI is InChI=1S/C18H16N4OS/c1-23-14-6-4-5-13(11-14)22-10-9-19-18(22)24-12-17-20-15-7-2-3-8-16(15)21-17/h2-11H,12H2,1H3,(H,20,21). The van der Waals surface area contributed by atoms with E-state index in [0.29, 0.717) is 0 Å². The Bertz CT molecular complexity index is 943. The summed E-state index contributed by atoms with van der Waals surface area (Å²) >= 11 is 1.65. The summed E-state index contributed by atoms with van der Waals surface area (Å²) in [5.74, 6) is 2.51. The van der Waals surface area contributed by atoms with E-state index in [1.807, 2.05) is 54.7 Å². The van der Waals surface area contributed by atoms with Crippen molar-refractivity contribution in [2.45, 2.75) is 10.9 Å². The molecule has 0 saturated carbocycles. The lowest BCUT2D eigenvalue weighted by molar-refractivity contribution is 0.414. The number of hydrogen-bond acceptors (Lipinski definition) is 4. The van der Waals surface area contributed by atoms with Gasteiger partial charge in [0.15, 0.2) is 5.16 Å². The van der Waals surface area contributed by atoms with Crippen LogP contribution in [0.2, 0.25) is 0 Å². The Labute approximate surface area is 143 Å². The average molecular weight is 336 g/mol. The van der Waals surface area contributed by atoms with Gasteiger partial charge in [-0.2, -0.15) is 0 Å². The molecule has 4 rings (SSSR count). The first kappa shape index (κ1) is 14.8. The van der Waals surface area contributed by atoms with E-state index in [-0.39, 0.29) is 0 Å². The van der Waals surface area contributed by atoms with Crippen LogP contribution in [0.4, 0.5) is 0 Å². The topological polar surface area (TPSA) is 55.7 Å². The summed E-state index contributed by atoms with van der Waals surface area (Å²) in [7, 11) is 1.67. The molecule has 4 aromatic rings. The van der Waals surface area contributed by atoms with Crippen molar-refractivity contribution in [3.8, 4) is 11.4 Å². The van der Waals surface area contributed by atoms with Crippen molar-refractivity contribution in [2.75, 3.05) is 7.11 Å². The number of H-pyrrole nitrogens is 1. The predicted octanol–water partition coefficient (Wildman–Crippen LogP) is 4.05. The lowest BCUT2D eigenvalue weighted by atomic mass is 10.3. The third kappa shape index (κ3) is 2.88. The van der Waals surface area contributed by atoms with Crippen molar-refractivity contribution < 1.29 is 4.74 Å². The number of methoxy groups -OCH3 is 1. The van der Waals surface area contributed by atoms with Gasteiger partial charge in [-0.15, -0.1) is 0 Å². The first-order chi connectivity index (χ1) is 11.8. The van der Waals surface area contributed by atoms with Crippen molar-refractivity contribution in [1.29, 1.82) is 0 Å². The molecule has 24 heavy (non-hydrogen) atoms. The van der Waals surface area contributed by atoms with Crippen molar-refractivity contribution in [3.05, 3.63) is 66.7 Å². The van der Waals surface area contributed by atoms with Crippen LogP contribution in [0.3, 0.4) is 0 Å². The van der Waals surface area contributed by atoms with Gasteiger partial charge in [-0.1, -0.05) is 30.0 Å². The van der Waals surface area contributed by atoms with Gasteiger partial charge >= 0.3 is 0 Å². The van der Waals surface area contributed by atoms with Gasteiger partial charge in [0.05, 0.1) is 29.6 Å². The number of aromatic nitrogens is 4. The van der Waals surface area contributed by atoms with Crippen LogP contribution in [0, 0.1) is 0 Å². The molecule has 0 unspecified atom stereocenters. The van der Waals surface area contributed by atoms with Crippen LogP contribution in [0.1, 0.15) is 5.82 Å². The number of fused-ring (bicyclic) bond motifs is 1. The minimum Gasteiger partial charge on any atom is -0.497 e. The number of ether oxygens (including phenoxy) is 1. The van der Waals surface area contributed by atoms with Crippen LogP contribution in [-0.2, 0) is 5.75 Å². The maximum atomic E-state index is 5.30. The molecule has 6 heteroatoms. The lowest BCUT2D eigenvalue weighted by Gasteiger charge is -2.08. The number of nitrogens with zero attached hydrogens (tertiary/aromatic N) is 3. The summed E-state index contributed by atoms with van der Waals surface area (Å²) in [6.45, 7) is 0. The second-order valence-electron chi connectivity index (χ2n) is 5.27. The van der Waals surface area contributed by atoms with Crippen LogP contribution in [-0.4, -0.2) is 26.6 Å². The third-order valence-corrected chi connectivity index (χ3v) is 4.69. The predicted molar refractivity (Wildman–Crippen MR) is 95.8 cm³/mol. The maximum absolute atomic E-state index is 5.30. The van der Waals surface area contributed by atoms with Gasteiger partial charge in [0, 0.05) is 18.5 Å². The summed E-state index contributed by atoms with van der Waals surface area (Å²) in [6.07, 6.45) is 3.76. The largest absolute Gasteiger partial charge is 0.497 e. The average Bonchev–Trinajstić information content (AvgIpc) is 3.26. The molecule has 2 aromatic heterocycles. The minimum atomic E-state index is 0.732. The van der Waals surface area contributed by atoms with Gasteiger partial charge in [-0.3, -0.25) is 4.57 Å². The Morgan fingerprint density at radius 3 is 2.96 bits per heavy atom. The van der Waals surface area contributed by atoms with Crippen LogP contribution in [0.25, 0.3) is 16.7 Å². The monoisotopic (exact) mass is 336 g/mol. The molecule has 0 spiro atoms. The molecule has 0 fully saturated rings. The fourth-order valence-electron chi connectivity index (χ4n) is 2.56. The Morgan fingerprint density at radius 1 is 1.17 bits per heavy atom. The Morgan fingerprint density at radius 2 is 2.08 bits per heavy atom. The number of para-hydroxylation sites is 2. The molecule has 0 aliphatic rings. The number of benzene rings is 2. The molecule has 5 nitrogen and oxygen atoms in total. The number of rotatable bonds is 5. The number of aromatic amines is 1. The van der Waals surface area contributed by atoms with Gasteiger partial charge < -0.3 is 9.72 Å². The lowest BCUT2D eigenvalue weighted by Crippen LogP contribution is -1.96. The Balaban J connectivity index is 1.56. The summed E-state index contributed by atoms with van der Waals surface area (Å²) in [5, 5.41) is 0.920. The second-order valence-corrected chi connectivity index (χ2v) is 6.21. The summed E-state index contributed by atoms with van der Waals surface area (Å²) in [5.41, 5.74) is 3.08. The highest BCUT2D eigenvalue weighted by molar-refractivity contribution is 7.98. The zero-order chi connectivity index (χ0) is 16.4. The maximum Gasteiger partial charge on any atom is 0.173 e. The summed E-state index contributed by atoms with van der Waals surface area (Å²) in [4.78, 5) is 12.4. The second kappa shape index (κ2) is 6.41. The van der Waals surface area contributed by atoms with E-state index < -0.39 is 0 Å². The fraction of sp³-hybridized carbons (Fsp3) is 0.111. The minimum absolute atomic E-state index is 0.732. The molecular weight excluding hydrogens is 320 g/mol. The Hall–Kier alpha value is -2.73. The van der Waals surface area contributed by atoms with Gasteiger partial charge in [0.1, 0.15) is 11.6 Å². The highest BCUT2D eigenvalue weighted by Crippen LogP contribution is 2.25. The zero-order valence-electron chi connectivity index (χ0n) is 13.1. The van der Waals surface area contributed by atoms with E-state index in [9.17, 15) is 0 Å². The molecule has 1 N–H and O–H groups in total. The van der Waals surface area contributed by atoms with E-state index in [0.717, 1.165) is 39.2 Å². The normalized spacial score (nSPS) is 11.0. The Kier molecular flexibility index (Phi) is 3.96. The molecule has 0 radical (unpaired) electrons. The highest BCUT2D eigenvalue weighted by atomic mass is 32.2. The van der Waals surface area contributed by atoms with E-state index >= 15 is 0 Å². The number of imidazole rings is 2. The van der Waals surface area contributed by atoms with Gasteiger partial charge in [-0.25, -0.2) is 9.97 Å². The van der Waals surface area contributed by atoms with Crippen molar-refractivity contribution in [1.82, 2.24) is 19.5 Å².